The van der Waals surface area contributed by atoms with E-state index in [0.717, 1.165) is 45.6 Å². The van der Waals surface area contributed by atoms with Crippen LogP contribution in [0.3, 0.4) is 0 Å². The highest BCUT2D eigenvalue weighted by atomic mass is 16.5. The Balaban J connectivity index is 2.23. The Morgan fingerprint density at radius 2 is 2.11 bits per heavy atom. The first-order valence-corrected chi connectivity index (χ1v) is 7.67. The molecule has 1 aromatic heterocycles. The molecule has 0 bridgehead atoms. The molecule has 1 N–H and O–H groups in total. The minimum Gasteiger partial charge on any atom is -0.381 e. The van der Waals surface area contributed by atoms with E-state index in [4.69, 9.17) is 9.84 Å². The summed E-state index contributed by atoms with van der Waals surface area (Å²) in [5.74, 6) is 0.667. The first-order valence-electron chi connectivity index (χ1n) is 7.67. The topological polar surface area (TPSA) is 39.1 Å². The second-order valence-electron chi connectivity index (χ2n) is 5.22. The van der Waals surface area contributed by atoms with Crippen molar-refractivity contribution in [3.8, 4) is 0 Å². The summed E-state index contributed by atoms with van der Waals surface area (Å²) in [5.41, 5.74) is 2.56. The number of rotatable bonds is 6. The number of nitrogens with zero attached hydrogens (tertiary/aromatic N) is 2. The van der Waals surface area contributed by atoms with E-state index in [0.29, 0.717) is 12.0 Å². The summed E-state index contributed by atoms with van der Waals surface area (Å²) in [7, 11) is 0. The molecule has 19 heavy (non-hydrogen) atoms. The third-order valence-corrected chi connectivity index (χ3v) is 4.00. The third kappa shape index (κ3) is 3.37. The molecular weight excluding hydrogens is 238 g/mol. The van der Waals surface area contributed by atoms with Crippen LogP contribution in [-0.2, 0) is 17.7 Å². The molecule has 108 valence electrons. The quantitative estimate of drug-likeness (QED) is 0.859. The molecule has 4 nitrogen and oxygen atoms in total. The van der Waals surface area contributed by atoms with Gasteiger partial charge in [0.15, 0.2) is 0 Å². The zero-order valence-electron chi connectivity index (χ0n) is 12.5. The third-order valence-electron chi connectivity index (χ3n) is 4.00. The largest absolute Gasteiger partial charge is 0.381 e. The van der Waals surface area contributed by atoms with Gasteiger partial charge in [0.1, 0.15) is 0 Å². The number of hydrogen-bond donors (Lipinski definition) is 1. The number of aromatic nitrogens is 2. The summed E-state index contributed by atoms with van der Waals surface area (Å²) in [5, 5.41) is 8.35. The zero-order chi connectivity index (χ0) is 13.7. The van der Waals surface area contributed by atoms with E-state index in [9.17, 15) is 0 Å². The van der Waals surface area contributed by atoms with Crippen molar-refractivity contribution in [2.75, 3.05) is 19.8 Å². The van der Waals surface area contributed by atoms with E-state index >= 15 is 0 Å². The van der Waals surface area contributed by atoms with Gasteiger partial charge in [-0.15, -0.1) is 0 Å². The number of hydrogen-bond acceptors (Lipinski definition) is 3. The van der Waals surface area contributed by atoms with Crippen molar-refractivity contribution >= 4 is 0 Å². The minimum atomic E-state index is 0.418. The first-order chi connectivity index (χ1) is 9.30. The molecule has 0 spiro atoms. The molecular formula is C15H27N3O. The van der Waals surface area contributed by atoms with Gasteiger partial charge in [-0.3, -0.25) is 4.68 Å². The maximum atomic E-state index is 5.50. The molecule has 1 unspecified atom stereocenters. The number of nitrogens with one attached hydrogen (secondary N) is 1. The minimum absolute atomic E-state index is 0.418. The molecule has 1 fully saturated rings. The molecule has 1 aromatic rings. The molecule has 0 amide bonds. The average molecular weight is 265 g/mol. The maximum absolute atomic E-state index is 5.50. The number of aryl methyl sites for hydroxylation is 2. The predicted octanol–water partition coefficient (Wildman–Crippen LogP) is 2.54. The van der Waals surface area contributed by atoms with Gasteiger partial charge in [-0.2, -0.15) is 5.10 Å². The smallest absolute Gasteiger partial charge is 0.0625 e. The average Bonchev–Trinajstić information content (AvgIpc) is 2.88. The summed E-state index contributed by atoms with van der Waals surface area (Å²) < 4.78 is 7.66. The van der Waals surface area contributed by atoms with Gasteiger partial charge >= 0.3 is 0 Å². The van der Waals surface area contributed by atoms with Crippen molar-refractivity contribution < 1.29 is 4.74 Å². The van der Waals surface area contributed by atoms with Crippen LogP contribution in [0.1, 0.15) is 51.0 Å². The van der Waals surface area contributed by atoms with Crippen LogP contribution in [0.4, 0.5) is 0 Å². The van der Waals surface area contributed by atoms with Gasteiger partial charge in [0.05, 0.1) is 17.4 Å². The predicted molar refractivity (Wildman–Crippen MR) is 77.2 cm³/mol. The summed E-state index contributed by atoms with van der Waals surface area (Å²) in [4.78, 5) is 0. The molecule has 0 saturated carbocycles. The normalized spacial score (nSPS) is 18.7. The lowest BCUT2D eigenvalue weighted by Crippen LogP contribution is -2.33. The van der Waals surface area contributed by atoms with Crippen LogP contribution < -0.4 is 5.32 Å². The lowest BCUT2D eigenvalue weighted by atomic mass is 9.89. The SMILES string of the molecule is CCNC(c1cc(CC)nn1CC)C1CCOCC1. The van der Waals surface area contributed by atoms with E-state index in [1.54, 1.807) is 0 Å². The standard InChI is InChI=1S/C15H27N3O/c1-4-13-11-14(18(6-3)17-13)15(16-5-2)12-7-9-19-10-8-12/h11-12,15-16H,4-10H2,1-3H3. The van der Waals surface area contributed by atoms with Crippen LogP contribution in [0.5, 0.6) is 0 Å². The lowest BCUT2D eigenvalue weighted by Gasteiger charge is -2.31. The van der Waals surface area contributed by atoms with Crippen LogP contribution in [0.2, 0.25) is 0 Å². The van der Waals surface area contributed by atoms with Gasteiger partial charge in [-0.25, -0.2) is 0 Å². The Morgan fingerprint density at radius 3 is 2.68 bits per heavy atom. The Kier molecular flexibility index (Phi) is 5.40. The highest BCUT2D eigenvalue weighted by molar-refractivity contribution is 5.16. The summed E-state index contributed by atoms with van der Waals surface area (Å²) in [6, 6.07) is 2.70. The van der Waals surface area contributed by atoms with E-state index in [2.05, 4.69) is 36.8 Å². The van der Waals surface area contributed by atoms with Crippen LogP contribution in [0.15, 0.2) is 6.07 Å². The van der Waals surface area contributed by atoms with E-state index < -0.39 is 0 Å². The number of ether oxygens (including phenoxy) is 1. The van der Waals surface area contributed by atoms with Gasteiger partial charge in [-0.1, -0.05) is 13.8 Å². The second-order valence-corrected chi connectivity index (χ2v) is 5.22. The van der Waals surface area contributed by atoms with Gasteiger partial charge in [0.25, 0.3) is 0 Å². The van der Waals surface area contributed by atoms with Crippen molar-refractivity contribution in [1.82, 2.24) is 15.1 Å². The molecule has 1 atom stereocenters. The summed E-state index contributed by atoms with van der Waals surface area (Å²) in [6.45, 7) is 10.3. The summed E-state index contributed by atoms with van der Waals surface area (Å²) >= 11 is 0. The van der Waals surface area contributed by atoms with Crippen LogP contribution >= 0.6 is 0 Å². The Morgan fingerprint density at radius 1 is 1.37 bits per heavy atom. The van der Waals surface area contributed by atoms with Crippen molar-refractivity contribution in [2.24, 2.45) is 5.92 Å². The molecule has 1 aliphatic heterocycles. The molecule has 0 aliphatic carbocycles. The molecule has 1 saturated heterocycles. The Labute approximate surface area is 116 Å². The van der Waals surface area contributed by atoms with Crippen molar-refractivity contribution in [2.45, 2.75) is 52.6 Å². The van der Waals surface area contributed by atoms with Gasteiger partial charge < -0.3 is 10.1 Å². The Bertz CT molecular complexity index is 383. The molecule has 2 rings (SSSR count). The molecule has 0 aromatic carbocycles. The van der Waals surface area contributed by atoms with Crippen molar-refractivity contribution in [3.05, 3.63) is 17.5 Å². The van der Waals surface area contributed by atoms with Crippen molar-refractivity contribution in [1.29, 1.82) is 0 Å². The van der Waals surface area contributed by atoms with E-state index in [1.165, 1.54) is 11.4 Å². The first kappa shape index (κ1) is 14.5. The van der Waals surface area contributed by atoms with Gasteiger partial charge in [0.2, 0.25) is 0 Å². The molecule has 4 heteroatoms. The van der Waals surface area contributed by atoms with E-state index in [1.807, 2.05) is 0 Å². The highest BCUT2D eigenvalue weighted by Crippen LogP contribution is 2.30. The highest BCUT2D eigenvalue weighted by Gasteiger charge is 2.27. The molecule has 1 aliphatic rings. The van der Waals surface area contributed by atoms with Crippen molar-refractivity contribution in [3.63, 3.8) is 0 Å². The maximum Gasteiger partial charge on any atom is 0.0625 e. The van der Waals surface area contributed by atoms with Crippen LogP contribution in [-0.4, -0.2) is 29.5 Å². The lowest BCUT2D eigenvalue weighted by molar-refractivity contribution is 0.0526. The molecule has 0 radical (unpaired) electrons. The monoisotopic (exact) mass is 265 g/mol. The Hall–Kier alpha value is -0.870. The second kappa shape index (κ2) is 7.06. The van der Waals surface area contributed by atoms with Crippen LogP contribution in [0.25, 0.3) is 0 Å². The fourth-order valence-electron chi connectivity index (χ4n) is 2.95. The zero-order valence-corrected chi connectivity index (χ0v) is 12.5. The van der Waals surface area contributed by atoms with Gasteiger partial charge in [-0.05, 0) is 44.7 Å². The summed E-state index contributed by atoms with van der Waals surface area (Å²) in [6.07, 6.45) is 3.30. The fourth-order valence-corrected chi connectivity index (χ4v) is 2.95. The van der Waals surface area contributed by atoms with Gasteiger partial charge in [0, 0.05) is 19.8 Å². The fraction of sp³-hybridized carbons (Fsp3) is 0.800. The van der Waals surface area contributed by atoms with E-state index in [-0.39, 0.29) is 0 Å². The molecule has 2 heterocycles. The van der Waals surface area contributed by atoms with Crippen LogP contribution in [0, 0.1) is 5.92 Å².